The summed E-state index contributed by atoms with van der Waals surface area (Å²) in [4.78, 5) is 14.7. The first kappa shape index (κ1) is 23.0. The molecule has 3 aromatic rings. The fraction of sp³-hybridized carbons (Fsp3) is 0.381. The van der Waals surface area contributed by atoms with Gasteiger partial charge in [-0.1, -0.05) is 0 Å². The molecule has 4 rings (SSSR count). The van der Waals surface area contributed by atoms with Crippen molar-refractivity contribution in [3.8, 4) is 11.3 Å². The smallest absolute Gasteiger partial charge is 0.396 e. The average molecular weight is 462 g/mol. The Morgan fingerprint density at radius 2 is 1.85 bits per heavy atom. The Balaban J connectivity index is 1.72. The van der Waals surface area contributed by atoms with Crippen LogP contribution in [0.3, 0.4) is 0 Å². The maximum Gasteiger partial charge on any atom is 0.419 e. The Morgan fingerprint density at radius 3 is 2.52 bits per heavy atom. The number of anilines is 3. The van der Waals surface area contributed by atoms with E-state index < -0.39 is 17.6 Å². The maximum absolute atomic E-state index is 13.3. The lowest BCUT2D eigenvalue weighted by Gasteiger charge is -2.37. The molecule has 4 heterocycles. The van der Waals surface area contributed by atoms with Gasteiger partial charge >= 0.3 is 6.18 Å². The molecule has 9 nitrogen and oxygen atoms in total. The van der Waals surface area contributed by atoms with Crippen molar-refractivity contribution in [2.75, 3.05) is 42.7 Å². The molecule has 0 aromatic carbocycles. The molecule has 12 heteroatoms. The molecule has 0 atom stereocenters. The molecule has 1 aliphatic rings. The minimum Gasteiger partial charge on any atom is -0.396 e. The number of β-amino-alcohol motifs (C(OH)–C–C–N with tert-alkyl or cyclic N) is 1. The van der Waals surface area contributed by atoms with Crippen molar-refractivity contribution in [2.24, 2.45) is 5.84 Å². The van der Waals surface area contributed by atoms with Gasteiger partial charge in [0.05, 0.1) is 35.3 Å². The van der Waals surface area contributed by atoms with Crippen LogP contribution >= 0.6 is 0 Å². The normalized spacial score (nSPS) is 15.8. The first-order valence-corrected chi connectivity index (χ1v) is 10.4. The van der Waals surface area contributed by atoms with E-state index in [0.717, 1.165) is 32.0 Å². The number of nitrogens with two attached hydrogens (primary N) is 3. The monoisotopic (exact) mass is 462 g/mol. The second-order valence-electron chi connectivity index (χ2n) is 7.98. The van der Waals surface area contributed by atoms with Crippen LogP contribution in [0.2, 0.25) is 0 Å². The van der Waals surface area contributed by atoms with Gasteiger partial charge < -0.3 is 26.5 Å². The van der Waals surface area contributed by atoms with Crippen molar-refractivity contribution in [3.05, 3.63) is 36.2 Å². The number of fused-ring (bicyclic) bond motifs is 1. The van der Waals surface area contributed by atoms with Crippen LogP contribution in [0, 0.1) is 0 Å². The summed E-state index contributed by atoms with van der Waals surface area (Å²) in [7, 11) is 0. The van der Waals surface area contributed by atoms with Crippen LogP contribution < -0.4 is 22.3 Å². The fourth-order valence-corrected chi connectivity index (χ4v) is 4.09. The van der Waals surface area contributed by atoms with Gasteiger partial charge in [-0.15, -0.1) is 0 Å². The third-order valence-corrected chi connectivity index (χ3v) is 5.86. The van der Waals surface area contributed by atoms with E-state index in [1.165, 1.54) is 12.4 Å². The Hall–Kier alpha value is -3.22. The van der Waals surface area contributed by atoms with Gasteiger partial charge in [0.15, 0.2) is 0 Å². The number of nitrogen functional groups attached to an aromatic ring is 2. The van der Waals surface area contributed by atoms with E-state index in [2.05, 4.69) is 19.9 Å². The van der Waals surface area contributed by atoms with Crippen LogP contribution in [0.4, 0.5) is 30.4 Å². The van der Waals surface area contributed by atoms with Gasteiger partial charge in [0.1, 0.15) is 17.0 Å². The third kappa shape index (κ3) is 4.63. The topological polar surface area (TPSA) is 143 Å². The summed E-state index contributed by atoms with van der Waals surface area (Å²) in [5.74, 6) is 5.89. The Morgan fingerprint density at radius 1 is 1.12 bits per heavy atom. The first-order chi connectivity index (χ1) is 15.7. The molecule has 0 amide bonds. The molecule has 1 aliphatic heterocycles. The quantitative estimate of drug-likeness (QED) is 0.331. The van der Waals surface area contributed by atoms with Crippen molar-refractivity contribution in [3.63, 3.8) is 0 Å². The van der Waals surface area contributed by atoms with Crippen LogP contribution in [0.25, 0.3) is 22.3 Å². The molecule has 0 radical (unpaired) electrons. The summed E-state index contributed by atoms with van der Waals surface area (Å²) >= 11 is 0. The molecule has 7 N–H and O–H groups in total. The first-order valence-electron chi connectivity index (χ1n) is 10.4. The largest absolute Gasteiger partial charge is 0.419 e. The molecule has 1 fully saturated rings. The van der Waals surface area contributed by atoms with Crippen molar-refractivity contribution in [1.82, 2.24) is 19.9 Å². The second-order valence-corrected chi connectivity index (χ2v) is 7.98. The van der Waals surface area contributed by atoms with Crippen LogP contribution in [0.5, 0.6) is 0 Å². The molecular weight excluding hydrogens is 437 g/mol. The molecule has 176 valence electrons. The molecule has 0 spiro atoms. The Kier molecular flexibility index (Phi) is 6.23. The number of alkyl halides is 3. The molecule has 0 bridgehead atoms. The minimum atomic E-state index is -4.64. The SMILES string of the molecule is Nc1cnc2ccc(-c3cnc(N)c(C(F)(F)F)c3)nc2c1N(N)C1CCN(CCO)CC1. The van der Waals surface area contributed by atoms with Gasteiger partial charge in [-0.3, -0.25) is 4.98 Å². The minimum absolute atomic E-state index is 0.0201. The van der Waals surface area contributed by atoms with Gasteiger partial charge in [-0.05, 0) is 31.0 Å². The Labute approximate surface area is 188 Å². The predicted molar refractivity (Wildman–Crippen MR) is 120 cm³/mol. The summed E-state index contributed by atoms with van der Waals surface area (Å²) in [5.41, 5.74) is 12.7. The summed E-state index contributed by atoms with van der Waals surface area (Å²) in [5, 5.41) is 10.7. The number of hydrogen-bond donors (Lipinski definition) is 4. The Bertz CT molecular complexity index is 1150. The highest BCUT2D eigenvalue weighted by atomic mass is 19.4. The number of pyridine rings is 3. The van der Waals surface area contributed by atoms with E-state index in [9.17, 15) is 13.2 Å². The second kappa shape index (κ2) is 8.96. The molecule has 0 saturated carbocycles. The number of rotatable bonds is 5. The molecule has 0 aliphatic carbocycles. The van der Waals surface area contributed by atoms with Crippen molar-refractivity contribution < 1.29 is 18.3 Å². The molecular formula is C21H25F3N8O. The van der Waals surface area contributed by atoms with Crippen LogP contribution in [0.1, 0.15) is 18.4 Å². The number of aromatic nitrogens is 3. The zero-order valence-corrected chi connectivity index (χ0v) is 17.8. The highest BCUT2D eigenvalue weighted by Gasteiger charge is 2.34. The standard InChI is InChI=1S/C21H25F3N8O/c22-21(23,24)14-9-12(10-29-20(14)26)16-1-2-17-18(30-16)19(15(25)11-28-17)32(27)13-3-5-31(6-4-13)7-8-33/h1-2,9-11,13,33H,3-8,25,27H2,(H2,26,29). The number of aliphatic hydroxyl groups excluding tert-OH is 1. The number of halogens is 3. The van der Waals surface area contributed by atoms with Gasteiger partial charge in [0, 0.05) is 37.4 Å². The average Bonchev–Trinajstić information content (AvgIpc) is 2.78. The number of likely N-dealkylation sites (tertiary alicyclic amines) is 1. The summed E-state index contributed by atoms with van der Waals surface area (Å²) in [6, 6.07) is 4.12. The fourth-order valence-electron chi connectivity index (χ4n) is 4.09. The maximum atomic E-state index is 13.3. The number of piperidine rings is 1. The predicted octanol–water partition coefficient (Wildman–Crippen LogP) is 2.01. The molecule has 3 aromatic heterocycles. The van der Waals surface area contributed by atoms with Gasteiger partial charge in [0.25, 0.3) is 0 Å². The van der Waals surface area contributed by atoms with Crippen LogP contribution in [-0.2, 0) is 6.18 Å². The van der Waals surface area contributed by atoms with E-state index in [0.29, 0.717) is 29.0 Å². The van der Waals surface area contributed by atoms with E-state index in [4.69, 9.17) is 22.4 Å². The van der Waals surface area contributed by atoms with E-state index in [-0.39, 0.29) is 23.9 Å². The van der Waals surface area contributed by atoms with E-state index in [1.807, 2.05) is 0 Å². The number of nitrogens with zero attached hydrogens (tertiary/aromatic N) is 5. The van der Waals surface area contributed by atoms with Crippen molar-refractivity contribution >= 4 is 28.2 Å². The lowest BCUT2D eigenvalue weighted by molar-refractivity contribution is -0.137. The number of hydrazine groups is 1. The molecule has 0 unspecified atom stereocenters. The van der Waals surface area contributed by atoms with Crippen LogP contribution in [-0.4, -0.2) is 57.2 Å². The van der Waals surface area contributed by atoms with Gasteiger partial charge in [-0.25, -0.2) is 15.8 Å². The lowest BCUT2D eigenvalue weighted by Crippen LogP contribution is -2.49. The third-order valence-electron chi connectivity index (χ3n) is 5.86. The highest BCUT2D eigenvalue weighted by molar-refractivity contribution is 5.95. The van der Waals surface area contributed by atoms with Gasteiger partial charge in [0.2, 0.25) is 0 Å². The lowest BCUT2D eigenvalue weighted by atomic mass is 10.0. The summed E-state index contributed by atoms with van der Waals surface area (Å²) in [6.07, 6.45) is -0.381. The molecule has 1 saturated heterocycles. The zero-order chi connectivity index (χ0) is 23.8. The number of hydrogen-bond acceptors (Lipinski definition) is 9. The van der Waals surface area contributed by atoms with E-state index in [1.54, 1.807) is 17.1 Å². The number of aliphatic hydroxyl groups is 1. The zero-order valence-electron chi connectivity index (χ0n) is 17.8. The summed E-state index contributed by atoms with van der Waals surface area (Å²) < 4.78 is 39.9. The van der Waals surface area contributed by atoms with E-state index >= 15 is 0 Å². The van der Waals surface area contributed by atoms with Gasteiger partial charge in [-0.2, -0.15) is 13.2 Å². The van der Waals surface area contributed by atoms with Crippen molar-refractivity contribution in [2.45, 2.75) is 25.1 Å². The van der Waals surface area contributed by atoms with Crippen LogP contribution in [0.15, 0.2) is 30.6 Å². The molecule has 33 heavy (non-hydrogen) atoms. The summed E-state index contributed by atoms with van der Waals surface area (Å²) in [6.45, 7) is 2.26. The van der Waals surface area contributed by atoms with Crippen molar-refractivity contribution in [1.29, 1.82) is 0 Å². The highest BCUT2D eigenvalue weighted by Crippen LogP contribution is 2.36.